The second kappa shape index (κ2) is 7.45. The maximum absolute atomic E-state index is 9.91. The first kappa shape index (κ1) is 16.7. The number of nitrogens with zero attached hydrogens (tertiary/aromatic N) is 1. The van der Waals surface area contributed by atoms with E-state index >= 15 is 0 Å². The van der Waals surface area contributed by atoms with E-state index in [0.29, 0.717) is 24.8 Å². The Morgan fingerprint density at radius 3 is 2.60 bits per heavy atom. The van der Waals surface area contributed by atoms with E-state index in [-0.39, 0.29) is 12.1 Å². The summed E-state index contributed by atoms with van der Waals surface area (Å²) in [5.74, 6) is 1.04. The summed E-state index contributed by atoms with van der Waals surface area (Å²) in [6, 6.07) is 3.70. The summed E-state index contributed by atoms with van der Waals surface area (Å²) in [4.78, 5) is 4.29. The van der Waals surface area contributed by atoms with Gasteiger partial charge in [0.2, 0.25) is 0 Å². The van der Waals surface area contributed by atoms with Crippen LogP contribution < -0.4 is 14.8 Å². The average molecular weight is 282 g/mol. The van der Waals surface area contributed by atoms with Crippen molar-refractivity contribution >= 4 is 0 Å². The zero-order chi connectivity index (χ0) is 15.2. The van der Waals surface area contributed by atoms with Gasteiger partial charge in [0.25, 0.3) is 5.88 Å². The molecule has 1 aromatic rings. The summed E-state index contributed by atoms with van der Waals surface area (Å²) in [5, 5.41) is 13.1. The molecule has 0 spiro atoms. The third kappa shape index (κ3) is 6.21. The van der Waals surface area contributed by atoms with Gasteiger partial charge in [0, 0.05) is 17.8 Å². The maximum Gasteiger partial charge on any atom is 0.257 e. The highest BCUT2D eigenvalue weighted by atomic mass is 16.5. The zero-order valence-corrected chi connectivity index (χ0v) is 13.1. The first-order valence-electron chi connectivity index (χ1n) is 6.98. The Morgan fingerprint density at radius 1 is 1.30 bits per heavy atom. The van der Waals surface area contributed by atoms with Crippen molar-refractivity contribution in [3.05, 3.63) is 17.8 Å². The molecule has 0 saturated carbocycles. The van der Waals surface area contributed by atoms with Crippen LogP contribution in [0.5, 0.6) is 11.6 Å². The predicted octanol–water partition coefficient (Wildman–Crippen LogP) is 1.92. The fourth-order valence-corrected chi connectivity index (χ4v) is 1.55. The van der Waals surface area contributed by atoms with Gasteiger partial charge in [-0.2, -0.15) is 0 Å². The minimum absolute atomic E-state index is 0.0287. The van der Waals surface area contributed by atoms with Crippen LogP contribution in [-0.4, -0.2) is 41.5 Å². The van der Waals surface area contributed by atoms with E-state index in [9.17, 15) is 5.11 Å². The SMILES string of the molecule is CCOc1ccc(C)nc1OCC(O)CNC(C)(C)C. The van der Waals surface area contributed by atoms with E-state index in [4.69, 9.17) is 9.47 Å². The molecule has 0 saturated heterocycles. The Labute approximate surface area is 121 Å². The Bertz CT molecular complexity index is 416. The second-order valence-corrected chi connectivity index (χ2v) is 5.78. The lowest BCUT2D eigenvalue weighted by Crippen LogP contribution is -2.42. The van der Waals surface area contributed by atoms with E-state index in [1.165, 1.54) is 0 Å². The molecule has 0 aliphatic heterocycles. The summed E-state index contributed by atoms with van der Waals surface area (Å²) in [6.45, 7) is 11.2. The number of β-amino-alcohol motifs (C(OH)–C–C–N with tert-alkyl or cyclic N) is 1. The van der Waals surface area contributed by atoms with Crippen LogP contribution in [0.2, 0.25) is 0 Å². The number of pyridine rings is 1. The molecular formula is C15H26N2O3. The fourth-order valence-electron chi connectivity index (χ4n) is 1.55. The Balaban J connectivity index is 2.53. The smallest absolute Gasteiger partial charge is 0.257 e. The molecule has 1 heterocycles. The van der Waals surface area contributed by atoms with Gasteiger partial charge in [-0.1, -0.05) is 0 Å². The van der Waals surface area contributed by atoms with Gasteiger partial charge >= 0.3 is 0 Å². The standard InChI is InChI=1S/C15H26N2O3/c1-6-19-13-8-7-11(2)17-14(13)20-10-12(18)9-16-15(3,4)5/h7-8,12,16,18H,6,9-10H2,1-5H3. The topological polar surface area (TPSA) is 63.6 Å². The van der Waals surface area contributed by atoms with Gasteiger partial charge in [-0.3, -0.25) is 0 Å². The van der Waals surface area contributed by atoms with Crippen molar-refractivity contribution in [2.24, 2.45) is 0 Å². The van der Waals surface area contributed by atoms with Crippen LogP contribution in [-0.2, 0) is 0 Å². The third-order valence-corrected chi connectivity index (χ3v) is 2.54. The quantitative estimate of drug-likeness (QED) is 0.800. The number of aryl methyl sites for hydroxylation is 1. The fraction of sp³-hybridized carbons (Fsp3) is 0.667. The van der Waals surface area contributed by atoms with Crippen molar-refractivity contribution in [3.63, 3.8) is 0 Å². The van der Waals surface area contributed by atoms with E-state index in [1.807, 2.05) is 26.0 Å². The molecule has 1 atom stereocenters. The highest BCUT2D eigenvalue weighted by molar-refractivity contribution is 5.34. The first-order valence-corrected chi connectivity index (χ1v) is 6.98. The zero-order valence-electron chi connectivity index (χ0n) is 13.1. The van der Waals surface area contributed by atoms with Crippen LogP contribution in [0.15, 0.2) is 12.1 Å². The van der Waals surface area contributed by atoms with Gasteiger partial charge < -0.3 is 19.9 Å². The van der Waals surface area contributed by atoms with Crippen LogP contribution in [0.25, 0.3) is 0 Å². The van der Waals surface area contributed by atoms with Crippen molar-refractivity contribution in [1.82, 2.24) is 10.3 Å². The lowest BCUT2D eigenvalue weighted by molar-refractivity contribution is 0.0954. The van der Waals surface area contributed by atoms with Crippen molar-refractivity contribution in [3.8, 4) is 11.6 Å². The monoisotopic (exact) mass is 282 g/mol. The van der Waals surface area contributed by atoms with Gasteiger partial charge in [0.05, 0.1) is 6.61 Å². The number of aliphatic hydroxyl groups excluding tert-OH is 1. The lowest BCUT2D eigenvalue weighted by atomic mass is 10.1. The lowest BCUT2D eigenvalue weighted by Gasteiger charge is -2.23. The number of aliphatic hydroxyl groups is 1. The molecule has 0 fully saturated rings. The Morgan fingerprint density at radius 2 is 2.00 bits per heavy atom. The molecule has 114 valence electrons. The number of rotatable bonds is 7. The van der Waals surface area contributed by atoms with Crippen molar-refractivity contribution in [2.45, 2.75) is 46.3 Å². The summed E-state index contributed by atoms with van der Waals surface area (Å²) < 4.78 is 11.0. The molecule has 2 N–H and O–H groups in total. The molecule has 0 aliphatic carbocycles. The molecule has 0 bridgehead atoms. The average Bonchev–Trinajstić information content (AvgIpc) is 2.36. The number of ether oxygens (including phenoxy) is 2. The number of hydrogen-bond acceptors (Lipinski definition) is 5. The Hall–Kier alpha value is -1.33. The molecule has 5 nitrogen and oxygen atoms in total. The molecule has 0 aromatic carbocycles. The normalized spacial score (nSPS) is 13.1. The summed E-state index contributed by atoms with van der Waals surface area (Å²) in [6.07, 6.45) is -0.592. The summed E-state index contributed by atoms with van der Waals surface area (Å²) >= 11 is 0. The molecule has 0 radical (unpaired) electrons. The van der Waals surface area contributed by atoms with Crippen LogP contribution >= 0.6 is 0 Å². The van der Waals surface area contributed by atoms with Gasteiger partial charge in [-0.05, 0) is 46.8 Å². The number of aromatic nitrogens is 1. The van der Waals surface area contributed by atoms with Crippen LogP contribution in [0.1, 0.15) is 33.4 Å². The first-order chi connectivity index (χ1) is 9.31. The molecule has 5 heteroatoms. The Kier molecular flexibility index (Phi) is 6.23. The molecule has 20 heavy (non-hydrogen) atoms. The van der Waals surface area contributed by atoms with Gasteiger partial charge in [-0.25, -0.2) is 4.98 Å². The molecule has 0 aliphatic rings. The molecule has 0 amide bonds. The van der Waals surface area contributed by atoms with Gasteiger partial charge in [0.15, 0.2) is 5.75 Å². The van der Waals surface area contributed by atoms with E-state index in [0.717, 1.165) is 5.69 Å². The highest BCUT2D eigenvalue weighted by Gasteiger charge is 2.14. The van der Waals surface area contributed by atoms with Gasteiger partial charge in [0.1, 0.15) is 12.7 Å². The summed E-state index contributed by atoms with van der Waals surface area (Å²) in [7, 11) is 0. The highest BCUT2D eigenvalue weighted by Crippen LogP contribution is 2.24. The predicted molar refractivity (Wildman–Crippen MR) is 79.4 cm³/mol. The van der Waals surface area contributed by atoms with Crippen molar-refractivity contribution in [1.29, 1.82) is 0 Å². The van der Waals surface area contributed by atoms with Gasteiger partial charge in [-0.15, -0.1) is 0 Å². The van der Waals surface area contributed by atoms with Crippen LogP contribution in [0, 0.1) is 6.92 Å². The van der Waals surface area contributed by atoms with Crippen LogP contribution in [0.4, 0.5) is 0 Å². The molecule has 1 rings (SSSR count). The van der Waals surface area contributed by atoms with E-state index in [1.54, 1.807) is 0 Å². The molecule has 1 aromatic heterocycles. The minimum Gasteiger partial charge on any atom is -0.488 e. The number of nitrogens with one attached hydrogen (secondary N) is 1. The van der Waals surface area contributed by atoms with E-state index in [2.05, 4.69) is 31.1 Å². The van der Waals surface area contributed by atoms with Crippen molar-refractivity contribution in [2.75, 3.05) is 19.8 Å². The second-order valence-electron chi connectivity index (χ2n) is 5.78. The number of hydrogen-bond donors (Lipinski definition) is 2. The van der Waals surface area contributed by atoms with E-state index < -0.39 is 6.10 Å². The third-order valence-electron chi connectivity index (χ3n) is 2.54. The summed E-state index contributed by atoms with van der Waals surface area (Å²) in [5.41, 5.74) is 0.824. The van der Waals surface area contributed by atoms with Crippen molar-refractivity contribution < 1.29 is 14.6 Å². The van der Waals surface area contributed by atoms with Crippen LogP contribution in [0.3, 0.4) is 0 Å². The molecule has 1 unspecified atom stereocenters. The molecular weight excluding hydrogens is 256 g/mol. The minimum atomic E-state index is -0.592. The maximum atomic E-state index is 9.91. The largest absolute Gasteiger partial charge is 0.488 e.